The molecule has 0 aliphatic heterocycles. The van der Waals surface area contributed by atoms with Gasteiger partial charge in [0.15, 0.2) is 0 Å². The quantitative estimate of drug-likeness (QED) is 0.0584. The first-order valence-electron chi connectivity index (χ1n) is 14.6. The SMILES string of the molecule is Br.C=CCBr.CCCCCCCCCCCCCC[PH](c1ccccc1)(c1ccccc1)c1ccccc1. The number of allylic oxidation sites excluding steroid dienone is 1. The molecule has 0 aliphatic carbocycles. The van der Waals surface area contributed by atoms with Gasteiger partial charge in [-0.05, 0) is 0 Å². The van der Waals surface area contributed by atoms with E-state index < -0.39 is 7.26 Å². The van der Waals surface area contributed by atoms with Crippen molar-refractivity contribution in [1.82, 2.24) is 0 Å². The Bertz CT molecular complexity index is 831. The summed E-state index contributed by atoms with van der Waals surface area (Å²) in [6, 6.07) is 34.1. The van der Waals surface area contributed by atoms with E-state index in [-0.39, 0.29) is 17.0 Å². The summed E-state index contributed by atoms with van der Waals surface area (Å²) in [5.41, 5.74) is 0. The fourth-order valence-electron chi connectivity index (χ4n) is 5.33. The molecule has 3 aromatic rings. The summed E-state index contributed by atoms with van der Waals surface area (Å²) < 4.78 is 0. The molecule has 3 aromatic carbocycles. The Morgan fingerprint density at radius 3 is 1.13 bits per heavy atom. The second-order valence-electron chi connectivity index (χ2n) is 10.1. The Kier molecular flexibility index (Phi) is 20.7. The van der Waals surface area contributed by atoms with E-state index in [0.29, 0.717) is 0 Å². The van der Waals surface area contributed by atoms with Crippen LogP contribution in [0.2, 0.25) is 0 Å². The summed E-state index contributed by atoms with van der Waals surface area (Å²) in [5, 5.41) is 5.54. The summed E-state index contributed by atoms with van der Waals surface area (Å²) >= 11 is 3.13. The van der Waals surface area contributed by atoms with Crippen molar-refractivity contribution >= 4 is 56.1 Å². The van der Waals surface area contributed by atoms with Crippen LogP contribution < -0.4 is 15.9 Å². The van der Waals surface area contributed by atoms with Gasteiger partial charge in [-0.1, -0.05) is 35.4 Å². The molecule has 0 spiro atoms. The van der Waals surface area contributed by atoms with Crippen LogP contribution in [0, 0.1) is 0 Å². The number of hydrogen-bond acceptors (Lipinski definition) is 0. The second kappa shape index (κ2) is 22.6. The van der Waals surface area contributed by atoms with Gasteiger partial charge in [0.1, 0.15) is 0 Å². The molecule has 0 bridgehead atoms. The van der Waals surface area contributed by atoms with Crippen LogP contribution in [0.15, 0.2) is 104 Å². The Labute approximate surface area is 254 Å². The summed E-state index contributed by atoms with van der Waals surface area (Å²) in [6.07, 6.45) is 19.9. The van der Waals surface area contributed by atoms with Gasteiger partial charge in [0.2, 0.25) is 0 Å². The summed E-state index contributed by atoms with van der Waals surface area (Å²) in [7, 11) is -2.02. The molecule has 0 aromatic heterocycles. The first-order valence-corrected chi connectivity index (χ1v) is 18.0. The van der Waals surface area contributed by atoms with Gasteiger partial charge in [0.05, 0.1) is 0 Å². The zero-order chi connectivity index (χ0) is 26.4. The van der Waals surface area contributed by atoms with Gasteiger partial charge in [-0.3, -0.25) is 0 Å². The van der Waals surface area contributed by atoms with Gasteiger partial charge < -0.3 is 0 Å². The fraction of sp³-hybridized carbons (Fsp3) is 0.429. The van der Waals surface area contributed by atoms with E-state index in [9.17, 15) is 0 Å². The molecule has 210 valence electrons. The van der Waals surface area contributed by atoms with Crippen LogP contribution in [-0.4, -0.2) is 11.5 Å². The molecule has 3 heteroatoms. The summed E-state index contributed by atoms with van der Waals surface area (Å²) in [4.78, 5) is 0. The number of halogens is 2. The number of rotatable bonds is 17. The van der Waals surface area contributed by atoms with Crippen molar-refractivity contribution in [2.75, 3.05) is 11.5 Å². The molecular formula is C35H51Br2P. The van der Waals surface area contributed by atoms with Gasteiger partial charge in [-0.2, -0.15) is 0 Å². The van der Waals surface area contributed by atoms with Crippen molar-refractivity contribution in [3.8, 4) is 0 Å². The molecule has 0 amide bonds. The van der Waals surface area contributed by atoms with Crippen LogP contribution in [-0.2, 0) is 0 Å². The van der Waals surface area contributed by atoms with E-state index in [1.54, 1.807) is 22.0 Å². The first kappa shape index (κ1) is 34.8. The Morgan fingerprint density at radius 1 is 0.553 bits per heavy atom. The van der Waals surface area contributed by atoms with Crippen LogP contribution in [0.1, 0.15) is 84.0 Å². The Balaban J connectivity index is 0.00000135. The predicted molar refractivity (Wildman–Crippen MR) is 187 cm³/mol. The molecule has 0 nitrogen and oxygen atoms in total. The number of hydrogen-bond donors (Lipinski definition) is 0. The van der Waals surface area contributed by atoms with Crippen LogP contribution in [0.5, 0.6) is 0 Å². The van der Waals surface area contributed by atoms with E-state index >= 15 is 0 Å². The standard InChI is InChI=1S/C32H45P.C3H5Br.BrH/c1-2-3-4-5-6-7-8-9-10-11-12-22-29-33(30-23-16-13-17-24-30,31-25-18-14-19-26-31)32-27-20-15-21-28-32;1-2-3-4;/h13-21,23-28,33H,2-12,22,29H2,1H3;2H,1,3H2;1H. The summed E-state index contributed by atoms with van der Waals surface area (Å²) in [5.74, 6) is 0. The van der Waals surface area contributed by atoms with E-state index in [1.165, 1.54) is 83.2 Å². The van der Waals surface area contributed by atoms with Crippen molar-refractivity contribution < 1.29 is 0 Å². The number of benzene rings is 3. The third kappa shape index (κ3) is 12.3. The normalized spacial score (nSPS) is 11.1. The topological polar surface area (TPSA) is 0 Å². The van der Waals surface area contributed by atoms with Gasteiger partial charge in [-0.25, -0.2) is 0 Å². The van der Waals surface area contributed by atoms with Gasteiger partial charge in [0, 0.05) is 5.33 Å². The Hall–Kier alpha value is -1.21. The summed E-state index contributed by atoms with van der Waals surface area (Å²) in [6.45, 7) is 5.73. The molecule has 38 heavy (non-hydrogen) atoms. The molecule has 0 unspecified atom stereocenters. The number of unbranched alkanes of at least 4 members (excludes halogenated alkanes) is 11. The molecule has 0 heterocycles. The maximum absolute atomic E-state index is 3.43. The maximum atomic E-state index is 3.43. The third-order valence-corrected chi connectivity index (χ3v) is 12.8. The molecule has 0 atom stereocenters. The van der Waals surface area contributed by atoms with Crippen molar-refractivity contribution in [1.29, 1.82) is 0 Å². The van der Waals surface area contributed by atoms with Crippen LogP contribution >= 0.6 is 40.2 Å². The average Bonchev–Trinajstić information content (AvgIpc) is 2.97. The van der Waals surface area contributed by atoms with E-state index in [1.807, 2.05) is 0 Å². The number of alkyl halides is 1. The monoisotopic (exact) mass is 660 g/mol. The van der Waals surface area contributed by atoms with E-state index in [2.05, 4.69) is 120 Å². The van der Waals surface area contributed by atoms with Gasteiger partial charge >= 0.3 is 191 Å². The Morgan fingerprint density at radius 2 is 0.842 bits per heavy atom. The van der Waals surface area contributed by atoms with Crippen LogP contribution in [0.25, 0.3) is 0 Å². The molecule has 0 N–H and O–H groups in total. The van der Waals surface area contributed by atoms with Crippen molar-refractivity contribution in [2.24, 2.45) is 0 Å². The predicted octanol–water partition coefficient (Wildman–Crippen LogP) is 10.6. The molecule has 0 aliphatic rings. The first-order chi connectivity index (χ1) is 18.3. The third-order valence-electron chi connectivity index (χ3n) is 7.31. The van der Waals surface area contributed by atoms with Crippen molar-refractivity contribution in [3.05, 3.63) is 104 Å². The molecule has 0 fully saturated rings. The average molecular weight is 663 g/mol. The fourth-order valence-corrected chi connectivity index (χ4v) is 10.3. The molecular weight excluding hydrogens is 611 g/mol. The van der Waals surface area contributed by atoms with Crippen molar-refractivity contribution in [2.45, 2.75) is 84.0 Å². The molecule has 3 rings (SSSR count). The van der Waals surface area contributed by atoms with Crippen LogP contribution in [0.4, 0.5) is 0 Å². The minimum absolute atomic E-state index is 0. The molecule has 0 radical (unpaired) electrons. The zero-order valence-electron chi connectivity index (χ0n) is 23.6. The van der Waals surface area contributed by atoms with E-state index in [0.717, 1.165) is 5.33 Å². The van der Waals surface area contributed by atoms with Gasteiger partial charge in [0.25, 0.3) is 0 Å². The second-order valence-corrected chi connectivity index (χ2v) is 14.8. The van der Waals surface area contributed by atoms with Crippen LogP contribution in [0.3, 0.4) is 0 Å². The van der Waals surface area contributed by atoms with E-state index in [4.69, 9.17) is 0 Å². The van der Waals surface area contributed by atoms with Crippen molar-refractivity contribution in [3.63, 3.8) is 0 Å². The molecule has 0 saturated heterocycles. The molecule has 0 saturated carbocycles. The van der Waals surface area contributed by atoms with Gasteiger partial charge in [-0.15, -0.1) is 23.6 Å². The zero-order valence-corrected chi connectivity index (χ0v) is 27.9. The minimum atomic E-state index is -2.02.